The molecule has 29 heavy (non-hydrogen) atoms. The molecule has 1 aliphatic carbocycles. The lowest BCUT2D eigenvalue weighted by atomic mass is 9.96. The summed E-state index contributed by atoms with van der Waals surface area (Å²) < 4.78 is 5.97. The monoisotopic (exact) mass is 423 g/mol. The molecule has 0 spiro atoms. The summed E-state index contributed by atoms with van der Waals surface area (Å²) in [6, 6.07) is 6.46. The fourth-order valence-corrected chi connectivity index (χ4v) is 4.18. The Hall–Kier alpha value is -1.83. The molecule has 1 saturated heterocycles. The number of anilines is 1. The van der Waals surface area contributed by atoms with Crippen LogP contribution in [0.2, 0.25) is 5.02 Å². The predicted molar refractivity (Wildman–Crippen MR) is 112 cm³/mol. The van der Waals surface area contributed by atoms with Gasteiger partial charge in [-0.3, -0.25) is 4.79 Å². The van der Waals surface area contributed by atoms with E-state index >= 15 is 0 Å². The molecule has 1 heterocycles. The van der Waals surface area contributed by atoms with Crippen molar-refractivity contribution in [2.24, 2.45) is 5.92 Å². The van der Waals surface area contributed by atoms with Crippen LogP contribution in [-0.4, -0.2) is 48.4 Å². The van der Waals surface area contributed by atoms with Crippen molar-refractivity contribution in [1.29, 1.82) is 0 Å². The van der Waals surface area contributed by atoms with E-state index in [1.165, 1.54) is 0 Å². The van der Waals surface area contributed by atoms with Crippen LogP contribution in [0.1, 0.15) is 44.9 Å². The fourth-order valence-electron chi connectivity index (χ4n) is 4.05. The van der Waals surface area contributed by atoms with Gasteiger partial charge in [-0.1, -0.05) is 24.4 Å². The Kier molecular flexibility index (Phi) is 8.15. The SMILES string of the molecule is O=C(NCC[C@H]1CC[C@@H](NC(=O)C2CCCC2)[C@@H](CO)O1)Nc1ccc(Cl)cc1. The van der Waals surface area contributed by atoms with Crippen LogP contribution in [-0.2, 0) is 9.53 Å². The topological polar surface area (TPSA) is 99.7 Å². The fraction of sp³-hybridized carbons (Fsp3) is 0.619. The van der Waals surface area contributed by atoms with Gasteiger partial charge in [0.05, 0.1) is 18.8 Å². The lowest BCUT2D eigenvalue weighted by Gasteiger charge is -2.36. The molecule has 8 heteroatoms. The standard InChI is InChI=1S/C21H30ClN3O4/c22-15-5-7-16(8-6-15)24-21(28)23-12-11-17-9-10-18(19(13-26)29-17)25-20(27)14-3-1-2-4-14/h5-8,14,17-19,26H,1-4,9-13H2,(H,25,27)(H2,23,24,28)/t17-,18-,19-/m1/s1. The summed E-state index contributed by atoms with van der Waals surface area (Å²) in [4.78, 5) is 24.3. The third-order valence-electron chi connectivity index (χ3n) is 5.70. The number of benzene rings is 1. The second-order valence-corrected chi connectivity index (χ2v) is 8.27. The average Bonchev–Trinajstić information content (AvgIpc) is 3.26. The van der Waals surface area contributed by atoms with Gasteiger partial charge in [-0.25, -0.2) is 4.79 Å². The summed E-state index contributed by atoms with van der Waals surface area (Å²) in [5.41, 5.74) is 0.669. The molecular formula is C21H30ClN3O4. The van der Waals surface area contributed by atoms with E-state index in [-0.39, 0.29) is 36.6 Å². The van der Waals surface area contributed by atoms with Crippen molar-refractivity contribution in [1.82, 2.24) is 10.6 Å². The van der Waals surface area contributed by atoms with E-state index in [0.717, 1.165) is 38.5 Å². The molecule has 0 radical (unpaired) electrons. The maximum absolute atomic E-state index is 12.4. The first kappa shape index (κ1) is 21.9. The molecule has 3 rings (SSSR count). The van der Waals surface area contributed by atoms with Gasteiger partial charge < -0.3 is 25.8 Å². The van der Waals surface area contributed by atoms with Crippen LogP contribution < -0.4 is 16.0 Å². The number of aliphatic hydroxyl groups excluding tert-OH is 1. The largest absolute Gasteiger partial charge is 0.394 e. The van der Waals surface area contributed by atoms with E-state index in [9.17, 15) is 14.7 Å². The molecule has 3 atom stereocenters. The number of amides is 3. The van der Waals surface area contributed by atoms with Crippen LogP contribution >= 0.6 is 11.6 Å². The highest BCUT2D eigenvalue weighted by atomic mass is 35.5. The average molecular weight is 424 g/mol. The van der Waals surface area contributed by atoms with Crippen molar-refractivity contribution in [3.8, 4) is 0 Å². The lowest BCUT2D eigenvalue weighted by Crippen LogP contribution is -2.52. The Morgan fingerprint density at radius 2 is 1.83 bits per heavy atom. The van der Waals surface area contributed by atoms with Crippen molar-refractivity contribution < 1.29 is 19.4 Å². The highest BCUT2D eigenvalue weighted by molar-refractivity contribution is 6.30. The second kappa shape index (κ2) is 10.8. The zero-order chi connectivity index (χ0) is 20.6. The van der Waals surface area contributed by atoms with E-state index in [1.54, 1.807) is 24.3 Å². The predicted octanol–water partition coefficient (Wildman–Crippen LogP) is 3.07. The summed E-state index contributed by atoms with van der Waals surface area (Å²) in [5.74, 6) is 0.198. The highest BCUT2D eigenvalue weighted by Gasteiger charge is 2.33. The number of urea groups is 1. The molecule has 2 aliphatic rings. The van der Waals surface area contributed by atoms with Gasteiger partial charge in [-0.15, -0.1) is 0 Å². The minimum absolute atomic E-state index is 0.0531. The molecule has 4 N–H and O–H groups in total. The molecule has 1 saturated carbocycles. The van der Waals surface area contributed by atoms with Gasteiger partial charge in [-0.2, -0.15) is 0 Å². The number of aliphatic hydroxyl groups is 1. The molecule has 2 fully saturated rings. The second-order valence-electron chi connectivity index (χ2n) is 7.83. The number of ether oxygens (including phenoxy) is 1. The number of halogens is 1. The molecule has 1 aromatic rings. The van der Waals surface area contributed by atoms with E-state index in [2.05, 4.69) is 16.0 Å². The van der Waals surface area contributed by atoms with Gasteiger partial charge in [0, 0.05) is 23.2 Å². The van der Waals surface area contributed by atoms with Crippen molar-refractivity contribution in [3.05, 3.63) is 29.3 Å². The Morgan fingerprint density at radius 3 is 2.52 bits per heavy atom. The third kappa shape index (κ3) is 6.59. The van der Waals surface area contributed by atoms with E-state index in [1.807, 2.05) is 0 Å². The minimum atomic E-state index is -0.401. The van der Waals surface area contributed by atoms with E-state index in [0.29, 0.717) is 23.7 Å². The Labute approximate surface area is 176 Å². The minimum Gasteiger partial charge on any atom is -0.394 e. The lowest BCUT2D eigenvalue weighted by molar-refractivity contribution is -0.131. The van der Waals surface area contributed by atoms with Crippen molar-refractivity contribution in [2.45, 2.75) is 63.2 Å². The number of rotatable bonds is 7. The quantitative estimate of drug-likeness (QED) is 0.541. The van der Waals surface area contributed by atoms with Crippen LogP contribution in [0.4, 0.5) is 10.5 Å². The summed E-state index contributed by atoms with van der Waals surface area (Å²) in [5, 5.41) is 18.9. The number of hydrogen-bond acceptors (Lipinski definition) is 4. The molecule has 1 aromatic carbocycles. The van der Waals surface area contributed by atoms with Crippen LogP contribution in [0, 0.1) is 5.92 Å². The smallest absolute Gasteiger partial charge is 0.319 e. The van der Waals surface area contributed by atoms with E-state index < -0.39 is 6.10 Å². The van der Waals surface area contributed by atoms with Gasteiger partial charge in [-0.05, 0) is 56.4 Å². The van der Waals surface area contributed by atoms with Crippen LogP contribution in [0.5, 0.6) is 0 Å². The Balaban J connectivity index is 1.37. The van der Waals surface area contributed by atoms with Gasteiger partial charge in [0.2, 0.25) is 5.91 Å². The first-order chi connectivity index (χ1) is 14.0. The Morgan fingerprint density at radius 1 is 1.10 bits per heavy atom. The van der Waals surface area contributed by atoms with Gasteiger partial charge in [0.1, 0.15) is 6.10 Å². The number of nitrogens with one attached hydrogen (secondary N) is 3. The number of carbonyl (C=O) groups excluding carboxylic acids is 2. The molecule has 160 valence electrons. The van der Waals surface area contributed by atoms with Crippen LogP contribution in [0.3, 0.4) is 0 Å². The summed E-state index contributed by atoms with van der Waals surface area (Å²) in [6.45, 7) is 0.331. The van der Waals surface area contributed by atoms with Crippen molar-refractivity contribution >= 4 is 29.2 Å². The third-order valence-corrected chi connectivity index (χ3v) is 5.96. The highest BCUT2D eigenvalue weighted by Crippen LogP contribution is 2.27. The number of hydrogen-bond donors (Lipinski definition) is 4. The summed E-state index contributed by atoms with van der Waals surface area (Å²) >= 11 is 5.83. The molecule has 0 bridgehead atoms. The summed E-state index contributed by atoms with van der Waals surface area (Å²) in [7, 11) is 0. The van der Waals surface area contributed by atoms with Crippen molar-refractivity contribution in [2.75, 3.05) is 18.5 Å². The molecule has 1 aliphatic heterocycles. The van der Waals surface area contributed by atoms with Crippen LogP contribution in [0.15, 0.2) is 24.3 Å². The van der Waals surface area contributed by atoms with Gasteiger partial charge in [0.15, 0.2) is 0 Å². The molecular weight excluding hydrogens is 394 g/mol. The molecule has 0 unspecified atom stereocenters. The maximum Gasteiger partial charge on any atom is 0.319 e. The molecule has 0 aromatic heterocycles. The molecule has 3 amide bonds. The zero-order valence-electron chi connectivity index (χ0n) is 16.5. The molecule has 7 nitrogen and oxygen atoms in total. The summed E-state index contributed by atoms with van der Waals surface area (Å²) in [6.07, 6.45) is 5.88. The maximum atomic E-state index is 12.4. The zero-order valence-corrected chi connectivity index (χ0v) is 17.3. The Bertz CT molecular complexity index is 679. The van der Waals surface area contributed by atoms with Crippen molar-refractivity contribution in [3.63, 3.8) is 0 Å². The van der Waals surface area contributed by atoms with Gasteiger partial charge >= 0.3 is 6.03 Å². The first-order valence-corrected chi connectivity index (χ1v) is 10.8. The first-order valence-electron chi connectivity index (χ1n) is 10.4. The van der Waals surface area contributed by atoms with E-state index in [4.69, 9.17) is 16.3 Å². The van der Waals surface area contributed by atoms with Gasteiger partial charge in [0.25, 0.3) is 0 Å². The number of carbonyl (C=O) groups is 2. The van der Waals surface area contributed by atoms with Crippen LogP contribution in [0.25, 0.3) is 0 Å². The normalized spacial score (nSPS) is 24.8.